The number of aliphatic hydroxyl groups excluding tert-OH is 1. The van der Waals surface area contributed by atoms with E-state index in [-0.39, 0.29) is 37.3 Å². The lowest BCUT2D eigenvalue weighted by Crippen LogP contribution is -2.40. The molecule has 1 aliphatic heterocycles. The molecule has 0 radical (unpaired) electrons. The second kappa shape index (κ2) is 8.99. The molecule has 1 amide bonds. The molecule has 7 nitrogen and oxygen atoms in total. The smallest absolute Gasteiger partial charge is 0.332 e. The number of carbonyl (C=O) groups excluding carboxylic acids is 1. The van der Waals surface area contributed by atoms with Gasteiger partial charge in [0.25, 0.3) is 23.6 Å². The van der Waals surface area contributed by atoms with Crippen molar-refractivity contribution in [3.63, 3.8) is 0 Å². The van der Waals surface area contributed by atoms with Crippen molar-refractivity contribution >= 4 is 36.7 Å². The minimum Gasteiger partial charge on any atom is -0.393 e. The van der Waals surface area contributed by atoms with Crippen molar-refractivity contribution in [1.29, 1.82) is 0 Å². The van der Waals surface area contributed by atoms with Crippen molar-refractivity contribution in [1.82, 2.24) is 14.0 Å². The molecule has 3 heterocycles. The Bertz CT molecular complexity index is 1100. The molecule has 0 aliphatic carbocycles. The number of fused-ring (bicyclic) bond motifs is 1. The van der Waals surface area contributed by atoms with Crippen molar-refractivity contribution in [2.24, 2.45) is 0 Å². The van der Waals surface area contributed by atoms with Gasteiger partial charge in [0.15, 0.2) is 0 Å². The lowest BCUT2D eigenvalue weighted by atomic mass is 10.1. The Hall–Kier alpha value is -1.78. The number of aryl methyl sites for hydroxylation is 1. The van der Waals surface area contributed by atoms with E-state index < -0.39 is 64.1 Å². The molecule has 1 N–H and O–H groups in total. The molecule has 13 heteroatoms. The van der Waals surface area contributed by atoms with Crippen LogP contribution >= 0.6 is 20.6 Å². The van der Waals surface area contributed by atoms with Crippen molar-refractivity contribution in [3.05, 3.63) is 31.3 Å². The van der Waals surface area contributed by atoms with Crippen LogP contribution in [0.25, 0.3) is 10.2 Å². The van der Waals surface area contributed by atoms with Gasteiger partial charge in [-0.15, -0.1) is 11.3 Å². The lowest BCUT2D eigenvalue weighted by molar-refractivity contribution is 0.0543. The van der Waals surface area contributed by atoms with Gasteiger partial charge in [-0.25, -0.2) is 22.4 Å². The van der Waals surface area contributed by atoms with E-state index in [2.05, 4.69) is 0 Å². The van der Waals surface area contributed by atoms with Crippen LogP contribution in [0.15, 0.2) is 9.59 Å². The summed E-state index contributed by atoms with van der Waals surface area (Å²) in [5.41, 5.74) is -5.85. The highest BCUT2D eigenvalue weighted by atomic mass is 32.1. The average molecular weight is 483 g/mol. The molecule has 1 saturated heterocycles. The molecule has 31 heavy (non-hydrogen) atoms. The summed E-state index contributed by atoms with van der Waals surface area (Å²) in [5.74, 6) is -0.735. The van der Waals surface area contributed by atoms with E-state index in [0.29, 0.717) is 15.9 Å². The number of piperidine rings is 1. The van der Waals surface area contributed by atoms with Crippen LogP contribution < -0.4 is 11.2 Å². The van der Waals surface area contributed by atoms with Gasteiger partial charge in [-0.1, -0.05) is 9.24 Å². The summed E-state index contributed by atoms with van der Waals surface area (Å²) in [6.45, 7) is 1.11. The Balaban J connectivity index is 2.24. The number of carbonyl (C=O) groups is 1. The summed E-state index contributed by atoms with van der Waals surface area (Å²) < 4.78 is 56.4. The zero-order valence-electron chi connectivity index (χ0n) is 16.6. The highest BCUT2D eigenvalue weighted by molar-refractivity contribution is 7.20. The first-order valence-electron chi connectivity index (χ1n) is 9.68. The van der Waals surface area contributed by atoms with E-state index in [9.17, 15) is 37.1 Å². The molecule has 2 aromatic heterocycles. The number of rotatable bonds is 6. The molecule has 0 bridgehead atoms. The van der Waals surface area contributed by atoms with Gasteiger partial charge in [-0.2, -0.15) is 0 Å². The number of hydrogen-bond acceptors (Lipinski definition) is 5. The summed E-state index contributed by atoms with van der Waals surface area (Å²) in [5, 5.41) is 9.13. The molecule has 1 fully saturated rings. The highest BCUT2D eigenvalue weighted by Gasteiger charge is 2.33. The number of halogens is 4. The maximum absolute atomic E-state index is 14.0. The molecule has 0 spiro atoms. The molecule has 2 aromatic rings. The standard InChI is InChI=1S/C18H22F4N3O4PS/c1-2-24-14(27)11-10(13(19)20)12(15(28)23-6-3-9(26)4-7-23)31-16(11)25(17(24)29)8-5-18(21,22)30/h9,13,26H,2-8,30H2,1H3. The maximum Gasteiger partial charge on any atom is 0.332 e. The summed E-state index contributed by atoms with van der Waals surface area (Å²) in [6.07, 6.45) is -3.97. The minimum atomic E-state index is -3.20. The first-order chi connectivity index (χ1) is 14.5. The molecular formula is C18H22F4N3O4PS. The number of thiophene rings is 1. The minimum absolute atomic E-state index is 0.142. The lowest BCUT2D eigenvalue weighted by Gasteiger charge is -2.29. The Labute approximate surface area is 180 Å². The third-order valence-corrected chi connectivity index (χ3v) is 6.75. The average Bonchev–Trinajstić information content (AvgIpc) is 3.08. The predicted octanol–water partition coefficient (Wildman–Crippen LogP) is 2.64. The number of aromatic nitrogens is 2. The summed E-state index contributed by atoms with van der Waals surface area (Å²) >= 11 is 0.544. The molecule has 1 unspecified atom stereocenters. The first kappa shape index (κ1) is 23.9. The van der Waals surface area contributed by atoms with E-state index in [0.717, 1.165) is 4.57 Å². The fraction of sp³-hybridized carbons (Fsp3) is 0.611. The number of alkyl halides is 4. The quantitative estimate of drug-likeness (QED) is 0.506. The highest BCUT2D eigenvalue weighted by Crippen LogP contribution is 2.37. The normalized spacial score (nSPS) is 15.9. The number of likely N-dealkylation sites (tertiary alicyclic amines) is 1. The van der Waals surface area contributed by atoms with Crippen LogP contribution in [0.1, 0.15) is 47.8 Å². The van der Waals surface area contributed by atoms with Crippen LogP contribution in [-0.4, -0.2) is 49.9 Å². The molecule has 172 valence electrons. The van der Waals surface area contributed by atoms with Gasteiger partial charge in [0, 0.05) is 32.6 Å². The predicted molar refractivity (Wildman–Crippen MR) is 111 cm³/mol. The summed E-state index contributed by atoms with van der Waals surface area (Å²) in [6, 6.07) is 0. The third-order valence-electron chi connectivity index (χ3n) is 5.24. The van der Waals surface area contributed by atoms with Crippen LogP contribution in [0.2, 0.25) is 0 Å². The van der Waals surface area contributed by atoms with E-state index in [4.69, 9.17) is 0 Å². The Kier molecular flexibility index (Phi) is 6.93. The van der Waals surface area contributed by atoms with E-state index in [1.54, 1.807) is 0 Å². The van der Waals surface area contributed by atoms with Gasteiger partial charge in [0.2, 0.25) is 0 Å². The van der Waals surface area contributed by atoms with Crippen molar-refractivity contribution in [3.8, 4) is 0 Å². The number of amides is 1. The van der Waals surface area contributed by atoms with E-state index in [1.165, 1.54) is 21.1 Å². The summed E-state index contributed by atoms with van der Waals surface area (Å²) in [7, 11) is 1.34. The second-order valence-corrected chi connectivity index (χ2v) is 9.19. The summed E-state index contributed by atoms with van der Waals surface area (Å²) in [4.78, 5) is 39.2. The van der Waals surface area contributed by atoms with Crippen LogP contribution in [0.5, 0.6) is 0 Å². The maximum atomic E-state index is 14.0. The van der Waals surface area contributed by atoms with Crippen LogP contribution in [0.4, 0.5) is 17.6 Å². The number of hydrogen-bond donors (Lipinski definition) is 1. The first-order valence-corrected chi connectivity index (χ1v) is 11.1. The van der Waals surface area contributed by atoms with Gasteiger partial charge in [-0.05, 0) is 19.8 Å². The topological polar surface area (TPSA) is 84.5 Å². The van der Waals surface area contributed by atoms with Gasteiger partial charge in [0.05, 0.1) is 17.1 Å². The van der Waals surface area contributed by atoms with Crippen molar-refractivity contribution in [2.75, 3.05) is 13.1 Å². The van der Waals surface area contributed by atoms with E-state index in [1.807, 2.05) is 0 Å². The third kappa shape index (κ3) is 4.70. The van der Waals surface area contributed by atoms with Gasteiger partial charge < -0.3 is 10.0 Å². The zero-order chi connectivity index (χ0) is 23.1. The fourth-order valence-corrected chi connectivity index (χ4v) is 5.02. The van der Waals surface area contributed by atoms with Crippen LogP contribution in [0, 0.1) is 0 Å². The Morgan fingerprint density at radius 1 is 1.26 bits per heavy atom. The molecule has 0 aromatic carbocycles. The van der Waals surface area contributed by atoms with Crippen molar-refractivity contribution < 1.29 is 27.5 Å². The van der Waals surface area contributed by atoms with Crippen LogP contribution in [0.3, 0.4) is 0 Å². The van der Waals surface area contributed by atoms with E-state index >= 15 is 0 Å². The Morgan fingerprint density at radius 3 is 2.39 bits per heavy atom. The SMILES string of the molecule is CCn1c(=O)c2c(C(F)F)c(C(=O)N3CCC(O)CC3)sc2n(CCC(F)(F)P)c1=O. The number of aliphatic hydroxyl groups is 1. The molecule has 0 saturated carbocycles. The van der Waals surface area contributed by atoms with Gasteiger partial charge >= 0.3 is 5.69 Å². The molecule has 1 atom stereocenters. The molecular weight excluding hydrogens is 461 g/mol. The number of nitrogens with zero attached hydrogens (tertiary/aromatic N) is 3. The molecule has 3 rings (SSSR count). The Morgan fingerprint density at radius 2 is 1.87 bits per heavy atom. The molecule has 1 aliphatic rings. The second-order valence-electron chi connectivity index (χ2n) is 7.34. The largest absolute Gasteiger partial charge is 0.393 e. The zero-order valence-corrected chi connectivity index (χ0v) is 18.6. The van der Waals surface area contributed by atoms with Gasteiger partial charge in [0.1, 0.15) is 9.71 Å². The fourth-order valence-electron chi connectivity index (χ4n) is 3.60. The van der Waals surface area contributed by atoms with Gasteiger partial charge in [-0.3, -0.25) is 18.7 Å². The monoisotopic (exact) mass is 483 g/mol. The van der Waals surface area contributed by atoms with Crippen molar-refractivity contribution in [2.45, 2.75) is 57.5 Å². The van der Waals surface area contributed by atoms with Crippen LogP contribution in [-0.2, 0) is 13.1 Å².